The third-order valence-corrected chi connectivity index (χ3v) is 6.51. The van der Waals surface area contributed by atoms with E-state index in [0.717, 1.165) is 25.9 Å². The van der Waals surface area contributed by atoms with Crippen LogP contribution in [0.4, 0.5) is 5.82 Å². The maximum Gasteiger partial charge on any atom is 0.275 e. The van der Waals surface area contributed by atoms with Gasteiger partial charge in [-0.2, -0.15) is 5.26 Å². The monoisotopic (exact) mass is 590 g/mol. The van der Waals surface area contributed by atoms with E-state index in [9.17, 15) is 20.0 Å². The highest BCUT2D eigenvalue weighted by atomic mass is 35.5. The van der Waals surface area contributed by atoms with Crippen LogP contribution in [0, 0.1) is 11.3 Å². The Labute approximate surface area is 249 Å². The van der Waals surface area contributed by atoms with E-state index in [-0.39, 0.29) is 59.6 Å². The lowest BCUT2D eigenvalue weighted by Gasteiger charge is -2.23. The normalized spacial score (nSPS) is 14.0. The molecule has 0 spiro atoms. The maximum absolute atomic E-state index is 13.0. The Morgan fingerprint density at radius 3 is 2.49 bits per heavy atom. The highest BCUT2D eigenvalue weighted by Gasteiger charge is 2.21. The van der Waals surface area contributed by atoms with Gasteiger partial charge in [0.15, 0.2) is 5.82 Å². The molecule has 2 aromatic carbocycles. The second-order valence-corrected chi connectivity index (χ2v) is 9.17. The number of aromatic hydroxyl groups is 1. The van der Waals surface area contributed by atoms with Crippen molar-refractivity contribution in [3.05, 3.63) is 95.8 Å². The number of para-hydroxylation sites is 1. The van der Waals surface area contributed by atoms with Gasteiger partial charge in [0.1, 0.15) is 23.1 Å². The number of anilines is 1. The number of benzene rings is 2. The molecule has 1 unspecified atom stereocenters. The maximum atomic E-state index is 13.0. The van der Waals surface area contributed by atoms with Crippen LogP contribution in [0.1, 0.15) is 39.3 Å². The number of rotatable bonds is 6. The van der Waals surface area contributed by atoms with Crippen molar-refractivity contribution in [3.63, 3.8) is 0 Å². The zero-order valence-corrected chi connectivity index (χ0v) is 23.5. The number of phenolic OH excluding ortho intramolecular Hbond substituents is 1. The molecule has 1 saturated heterocycles. The van der Waals surface area contributed by atoms with Crippen LogP contribution in [0.2, 0.25) is 0 Å². The number of carbonyl (C=O) groups excluding carboxylic acids is 2. The zero-order chi connectivity index (χ0) is 27.2. The summed E-state index contributed by atoms with van der Waals surface area (Å²) in [7, 11) is 0. The Morgan fingerprint density at radius 1 is 0.976 bits per heavy atom. The standard InChI is InChI=1S/C30H26N6O3.2ClH/c31-17-24-23(19-7-5-8-20(15-19)29(38)34-21-9-6-13-32-18-21)16-26(22-10-1-2-12-27(22)37)35-28(24)36-30(39)25-11-3-4-14-33-25;;/h1-5,7-8,10-12,14-16,21,32,37H,6,9,13,18H2,(H,34,38)(H,35,36,39);2*1H. The number of halogens is 2. The largest absolute Gasteiger partial charge is 0.507 e. The number of nitrogens with one attached hydrogen (secondary N) is 3. The summed E-state index contributed by atoms with van der Waals surface area (Å²) in [6.07, 6.45) is 3.40. The second kappa shape index (κ2) is 14.2. The lowest BCUT2D eigenvalue weighted by Crippen LogP contribution is -2.45. The molecule has 210 valence electrons. The molecule has 4 aromatic rings. The van der Waals surface area contributed by atoms with E-state index < -0.39 is 5.91 Å². The molecule has 41 heavy (non-hydrogen) atoms. The van der Waals surface area contributed by atoms with Gasteiger partial charge in [-0.05, 0) is 67.4 Å². The number of nitriles is 1. The first-order valence-corrected chi connectivity index (χ1v) is 12.6. The fourth-order valence-corrected chi connectivity index (χ4v) is 4.54. The van der Waals surface area contributed by atoms with Crippen LogP contribution >= 0.6 is 24.8 Å². The third kappa shape index (κ3) is 7.18. The molecule has 1 fully saturated rings. The van der Waals surface area contributed by atoms with Crippen molar-refractivity contribution < 1.29 is 14.7 Å². The van der Waals surface area contributed by atoms with Crippen LogP contribution in [-0.4, -0.2) is 46.0 Å². The SMILES string of the molecule is Cl.Cl.N#Cc1c(-c2cccc(C(=O)NC3CCCNC3)c2)cc(-c2ccccc2O)nc1NC(=O)c1ccccn1. The molecule has 1 aliphatic rings. The van der Waals surface area contributed by atoms with Gasteiger partial charge >= 0.3 is 0 Å². The van der Waals surface area contributed by atoms with Crippen LogP contribution in [0.15, 0.2) is 79.0 Å². The summed E-state index contributed by atoms with van der Waals surface area (Å²) < 4.78 is 0. The minimum absolute atomic E-state index is 0. The first kappa shape index (κ1) is 31.0. The molecular weight excluding hydrogens is 563 g/mol. The van der Waals surface area contributed by atoms with Gasteiger partial charge in [-0.1, -0.05) is 30.3 Å². The smallest absolute Gasteiger partial charge is 0.275 e. The molecule has 0 bridgehead atoms. The average Bonchev–Trinajstić information content (AvgIpc) is 2.98. The number of nitrogens with zero attached hydrogens (tertiary/aromatic N) is 3. The fraction of sp³-hybridized carbons (Fsp3) is 0.167. The molecule has 1 atom stereocenters. The predicted octanol–water partition coefficient (Wildman–Crippen LogP) is 4.97. The van der Waals surface area contributed by atoms with E-state index in [4.69, 9.17) is 0 Å². The fourth-order valence-electron chi connectivity index (χ4n) is 4.54. The molecule has 1 aliphatic heterocycles. The summed E-state index contributed by atoms with van der Waals surface area (Å²) in [5.74, 6) is -0.721. The van der Waals surface area contributed by atoms with Gasteiger partial charge in [0.05, 0.1) is 5.69 Å². The van der Waals surface area contributed by atoms with Gasteiger partial charge in [0.25, 0.3) is 11.8 Å². The Kier molecular flexibility index (Phi) is 10.8. The van der Waals surface area contributed by atoms with Crippen molar-refractivity contribution in [1.82, 2.24) is 20.6 Å². The molecule has 11 heteroatoms. The van der Waals surface area contributed by atoms with Crippen LogP contribution in [0.25, 0.3) is 22.4 Å². The quantitative estimate of drug-likeness (QED) is 0.248. The van der Waals surface area contributed by atoms with E-state index in [1.54, 1.807) is 66.7 Å². The van der Waals surface area contributed by atoms with Crippen molar-refractivity contribution in [2.24, 2.45) is 0 Å². The average molecular weight is 591 g/mol. The summed E-state index contributed by atoms with van der Waals surface area (Å²) >= 11 is 0. The van der Waals surface area contributed by atoms with E-state index in [1.807, 2.05) is 0 Å². The summed E-state index contributed by atoms with van der Waals surface area (Å²) in [5, 5.41) is 29.7. The van der Waals surface area contributed by atoms with Crippen LogP contribution < -0.4 is 16.0 Å². The lowest BCUT2D eigenvalue weighted by atomic mass is 9.96. The molecule has 2 amide bonds. The van der Waals surface area contributed by atoms with E-state index in [1.165, 1.54) is 12.3 Å². The van der Waals surface area contributed by atoms with Gasteiger partial charge in [0.2, 0.25) is 0 Å². The van der Waals surface area contributed by atoms with Gasteiger partial charge < -0.3 is 21.1 Å². The van der Waals surface area contributed by atoms with Crippen molar-refractivity contribution >= 4 is 42.4 Å². The minimum atomic E-state index is -0.533. The highest BCUT2D eigenvalue weighted by molar-refractivity contribution is 6.04. The topological polar surface area (TPSA) is 140 Å². The molecule has 3 heterocycles. The number of hydrogen-bond acceptors (Lipinski definition) is 7. The zero-order valence-electron chi connectivity index (χ0n) is 21.8. The number of carbonyl (C=O) groups is 2. The molecular formula is C30H28Cl2N6O3. The van der Waals surface area contributed by atoms with Crippen LogP contribution in [0.3, 0.4) is 0 Å². The first-order valence-electron chi connectivity index (χ1n) is 12.6. The number of phenols is 1. The summed E-state index contributed by atoms with van der Waals surface area (Å²) in [4.78, 5) is 34.6. The summed E-state index contributed by atoms with van der Waals surface area (Å²) in [6, 6.07) is 22.4. The number of piperidine rings is 1. The number of hydrogen-bond donors (Lipinski definition) is 4. The highest BCUT2D eigenvalue weighted by Crippen LogP contribution is 2.35. The van der Waals surface area contributed by atoms with Gasteiger partial charge in [0, 0.05) is 35.5 Å². The Morgan fingerprint density at radius 2 is 1.78 bits per heavy atom. The van der Waals surface area contributed by atoms with Crippen molar-refractivity contribution in [2.45, 2.75) is 18.9 Å². The minimum Gasteiger partial charge on any atom is -0.507 e. The summed E-state index contributed by atoms with van der Waals surface area (Å²) in [6.45, 7) is 1.66. The van der Waals surface area contributed by atoms with Gasteiger partial charge in [-0.15, -0.1) is 24.8 Å². The summed E-state index contributed by atoms with van der Waals surface area (Å²) in [5.41, 5.74) is 2.55. The first-order chi connectivity index (χ1) is 19.0. The van der Waals surface area contributed by atoms with Crippen molar-refractivity contribution in [2.75, 3.05) is 18.4 Å². The van der Waals surface area contributed by atoms with Crippen molar-refractivity contribution in [3.8, 4) is 34.2 Å². The molecule has 0 aliphatic carbocycles. The molecule has 0 radical (unpaired) electrons. The van der Waals surface area contributed by atoms with Gasteiger partial charge in [-0.3, -0.25) is 14.6 Å². The van der Waals surface area contributed by atoms with Crippen LogP contribution in [0.5, 0.6) is 5.75 Å². The molecule has 0 saturated carbocycles. The molecule has 9 nitrogen and oxygen atoms in total. The Bertz CT molecular complexity index is 1570. The Hall–Kier alpha value is -4.49. The van der Waals surface area contributed by atoms with Crippen molar-refractivity contribution in [1.29, 1.82) is 5.26 Å². The van der Waals surface area contributed by atoms with E-state index in [2.05, 4.69) is 32.0 Å². The van der Waals surface area contributed by atoms with Gasteiger partial charge in [-0.25, -0.2) is 4.98 Å². The van der Waals surface area contributed by atoms with E-state index in [0.29, 0.717) is 27.9 Å². The number of pyridine rings is 2. The number of aromatic nitrogens is 2. The number of amides is 2. The molecule has 5 rings (SSSR count). The molecule has 4 N–H and O–H groups in total. The lowest BCUT2D eigenvalue weighted by molar-refractivity contribution is 0.0930. The second-order valence-electron chi connectivity index (χ2n) is 9.17. The predicted molar refractivity (Wildman–Crippen MR) is 162 cm³/mol. The molecule has 2 aromatic heterocycles. The van der Waals surface area contributed by atoms with Crippen LogP contribution in [-0.2, 0) is 0 Å². The van der Waals surface area contributed by atoms with E-state index >= 15 is 0 Å². The Balaban J connectivity index is 0.00000231. The third-order valence-electron chi connectivity index (χ3n) is 6.51.